The molecular weight excluding hydrogens is 331 g/mol. The number of carbonyl (C=O) groups excluding carboxylic acids is 1. The lowest BCUT2D eigenvalue weighted by Crippen LogP contribution is -2.31. The van der Waals surface area contributed by atoms with Gasteiger partial charge in [-0.3, -0.25) is 5.32 Å². The first kappa shape index (κ1) is 18.4. The summed E-state index contributed by atoms with van der Waals surface area (Å²) in [5, 5.41) is 2.77. The van der Waals surface area contributed by atoms with E-state index in [0.29, 0.717) is 17.9 Å². The van der Waals surface area contributed by atoms with Crippen molar-refractivity contribution in [3.8, 4) is 11.1 Å². The van der Waals surface area contributed by atoms with Crippen LogP contribution in [0, 0.1) is 19.7 Å². The Morgan fingerprint density at radius 1 is 1.23 bits per heavy atom. The van der Waals surface area contributed by atoms with E-state index in [2.05, 4.69) is 16.3 Å². The number of aryl methyl sites for hydroxylation is 2. The van der Waals surface area contributed by atoms with Gasteiger partial charge in [-0.1, -0.05) is 29.3 Å². The Bertz CT molecular complexity index is 786. The van der Waals surface area contributed by atoms with Crippen LogP contribution in [0.25, 0.3) is 11.1 Å². The van der Waals surface area contributed by atoms with Gasteiger partial charge in [0.05, 0.1) is 5.69 Å². The van der Waals surface area contributed by atoms with Crippen molar-refractivity contribution in [2.45, 2.75) is 32.7 Å². The largest absolute Gasteiger partial charge is 0.448 e. The predicted octanol–water partition coefficient (Wildman–Crippen LogP) is 4.75. The number of hydrogen-bond donors (Lipinski definition) is 1. The SMILES string of the molecule is Cc1cc(C)cc(-c2cc(F)ccc2NC(=O)OC[C@@H]2CCCN2C)c1. The van der Waals surface area contributed by atoms with Gasteiger partial charge in [0.15, 0.2) is 0 Å². The van der Waals surface area contributed by atoms with Gasteiger partial charge in [0, 0.05) is 11.6 Å². The second-order valence-corrected chi connectivity index (χ2v) is 7.07. The number of likely N-dealkylation sites (N-methyl/N-ethyl adjacent to an activating group) is 1. The molecule has 4 nitrogen and oxygen atoms in total. The van der Waals surface area contributed by atoms with Gasteiger partial charge in [-0.05, 0) is 64.0 Å². The first-order chi connectivity index (χ1) is 12.4. The molecule has 0 radical (unpaired) electrons. The van der Waals surface area contributed by atoms with Crippen molar-refractivity contribution < 1.29 is 13.9 Å². The molecule has 2 aromatic rings. The molecule has 138 valence electrons. The summed E-state index contributed by atoms with van der Waals surface area (Å²) in [6.07, 6.45) is 1.65. The molecule has 2 aromatic carbocycles. The number of nitrogens with zero attached hydrogens (tertiary/aromatic N) is 1. The second kappa shape index (κ2) is 7.87. The summed E-state index contributed by atoms with van der Waals surface area (Å²) in [7, 11) is 2.04. The molecular formula is C21H25FN2O2. The van der Waals surface area contributed by atoms with Gasteiger partial charge in [0.2, 0.25) is 0 Å². The zero-order valence-corrected chi connectivity index (χ0v) is 15.5. The molecule has 1 fully saturated rings. The standard InChI is InChI=1S/C21H25FN2O2/c1-14-9-15(2)11-16(10-14)19-12-17(22)6-7-20(19)23-21(25)26-13-18-5-4-8-24(18)3/h6-7,9-12,18H,4-5,8,13H2,1-3H3,(H,23,25)/t18-/m0/s1. The number of anilines is 1. The summed E-state index contributed by atoms with van der Waals surface area (Å²) in [6, 6.07) is 10.6. The molecule has 26 heavy (non-hydrogen) atoms. The third kappa shape index (κ3) is 4.41. The fourth-order valence-corrected chi connectivity index (χ4v) is 3.50. The third-order valence-electron chi connectivity index (χ3n) is 4.83. The molecule has 0 unspecified atom stereocenters. The van der Waals surface area contributed by atoms with Crippen LogP contribution in [-0.2, 0) is 4.74 Å². The van der Waals surface area contributed by atoms with Gasteiger partial charge in [-0.2, -0.15) is 0 Å². The van der Waals surface area contributed by atoms with Gasteiger partial charge < -0.3 is 9.64 Å². The van der Waals surface area contributed by atoms with Gasteiger partial charge in [-0.15, -0.1) is 0 Å². The highest BCUT2D eigenvalue weighted by molar-refractivity contribution is 5.91. The highest BCUT2D eigenvalue weighted by Crippen LogP contribution is 2.30. The second-order valence-electron chi connectivity index (χ2n) is 7.07. The molecule has 1 aliphatic rings. The molecule has 1 amide bonds. The molecule has 5 heteroatoms. The topological polar surface area (TPSA) is 41.6 Å². The van der Waals surface area contributed by atoms with Crippen LogP contribution in [0.2, 0.25) is 0 Å². The minimum atomic E-state index is -0.512. The van der Waals surface area contributed by atoms with E-state index in [1.54, 1.807) is 6.07 Å². The number of carbonyl (C=O) groups is 1. The minimum Gasteiger partial charge on any atom is -0.448 e. The van der Waals surface area contributed by atoms with E-state index >= 15 is 0 Å². The van der Waals surface area contributed by atoms with Crippen molar-refractivity contribution in [2.24, 2.45) is 0 Å². The van der Waals surface area contributed by atoms with Crippen LogP contribution >= 0.6 is 0 Å². The van der Waals surface area contributed by atoms with Crippen molar-refractivity contribution in [2.75, 3.05) is 25.5 Å². The number of rotatable bonds is 4. The number of benzene rings is 2. The molecule has 0 bridgehead atoms. The third-order valence-corrected chi connectivity index (χ3v) is 4.83. The zero-order valence-electron chi connectivity index (χ0n) is 15.5. The van der Waals surface area contributed by atoms with Gasteiger partial charge in [-0.25, -0.2) is 9.18 Å². The Labute approximate surface area is 154 Å². The fraction of sp³-hybridized carbons (Fsp3) is 0.381. The summed E-state index contributed by atoms with van der Waals surface area (Å²) in [5.74, 6) is -0.342. The first-order valence-electron chi connectivity index (χ1n) is 8.94. The van der Waals surface area contributed by atoms with E-state index in [1.807, 2.05) is 33.0 Å². The Balaban J connectivity index is 1.76. The maximum absolute atomic E-state index is 13.8. The predicted molar refractivity (Wildman–Crippen MR) is 102 cm³/mol. The van der Waals surface area contributed by atoms with Gasteiger partial charge in [0.25, 0.3) is 0 Å². The summed E-state index contributed by atoms with van der Waals surface area (Å²) in [6.45, 7) is 5.39. The molecule has 0 saturated carbocycles. The number of amides is 1. The molecule has 3 rings (SSSR count). The van der Waals surface area contributed by atoms with Crippen molar-refractivity contribution >= 4 is 11.8 Å². The van der Waals surface area contributed by atoms with Crippen LogP contribution in [0.5, 0.6) is 0 Å². The van der Waals surface area contributed by atoms with Crippen molar-refractivity contribution in [3.05, 3.63) is 53.3 Å². The van der Waals surface area contributed by atoms with Crippen LogP contribution in [0.15, 0.2) is 36.4 Å². The summed E-state index contributed by atoms with van der Waals surface area (Å²) in [4.78, 5) is 14.4. The van der Waals surface area contributed by atoms with Gasteiger partial charge in [0.1, 0.15) is 12.4 Å². The van der Waals surface area contributed by atoms with Crippen molar-refractivity contribution in [1.29, 1.82) is 0 Å². The molecule has 1 atom stereocenters. The molecule has 0 spiro atoms. The number of hydrogen-bond acceptors (Lipinski definition) is 3. The van der Waals surface area contributed by atoms with E-state index in [1.165, 1.54) is 12.1 Å². The number of likely N-dealkylation sites (tertiary alicyclic amines) is 1. The lowest BCUT2D eigenvalue weighted by atomic mass is 9.99. The number of nitrogens with one attached hydrogen (secondary N) is 1. The van der Waals surface area contributed by atoms with Crippen LogP contribution in [-0.4, -0.2) is 37.2 Å². The summed E-state index contributed by atoms with van der Waals surface area (Å²) >= 11 is 0. The summed E-state index contributed by atoms with van der Waals surface area (Å²) in [5.41, 5.74) is 4.23. The Morgan fingerprint density at radius 2 is 1.96 bits per heavy atom. The molecule has 1 N–H and O–H groups in total. The van der Waals surface area contributed by atoms with E-state index in [-0.39, 0.29) is 11.9 Å². The van der Waals surface area contributed by atoms with E-state index in [0.717, 1.165) is 36.1 Å². The van der Waals surface area contributed by atoms with Gasteiger partial charge >= 0.3 is 6.09 Å². The van der Waals surface area contributed by atoms with E-state index in [9.17, 15) is 9.18 Å². The van der Waals surface area contributed by atoms with Crippen LogP contribution < -0.4 is 5.32 Å². The normalized spacial score (nSPS) is 17.3. The van der Waals surface area contributed by atoms with Crippen molar-refractivity contribution in [1.82, 2.24) is 4.90 Å². The molecule has 1 aliphatic heterocycles. The lowest BCUT2D eigenvalue weighted by molar-refractivity contribution is 0.127. The molecule has 0 aromatic heterocycles. The maximum Gasteiger partial charge on any atom is 0.411 e. The smallest absolute Gasteiger partial charge is 0.411 e. The summed E-state index contributed by atoms with van der Waals surface area (Å²) < 4.78 is 19.2. The minimum absolute atomic E-state index is 0.271. The van der Waals surface area contributed by atoms with E-state index < -0.39 is 6.09 Å². The maximum atomic E-state index is 13.8. The zero-order chi connectivity index (χ0) is 18.7. The van der Waals surface area contributed by atoms with E-state index in [4.69, 9.17) is 4.74 Å². The quantitative estimate of drug-likeness (QED) is 0.859. The molecule has 1 heterocycles. The Hall–Kier alpha value is -2.40. The highest BCUT2D eigenvalue weighted by Gasteiger charge is 2.22. The lowest BCUT2D eigenvalue weighted by Gasteiger charge is -2.19. The average Bonchev–Trinajstić information content (AvgIpc) is 2.99. The molecule has 0 aliphatic carbocycles. The Morgan fingerprint density at radius 3 is 2.62 bits per heavy atom. The molecule has 1 saturated heterocycles. The van der Waals surface area contributed by atoms with Crippen LogP contribution in [0.4, 0.5) is 14.9 Å². The fourth-order valence-electron chi connectivity index (χ4n) is 3.50. The number of halogens is 1. The highest BCUT2D eigenvalue weighted by atomic mass is 19.1. The average molecular weight is 356 g/mol. The number of ether oxygens (including phenoxy) is 1. The first-order valence-corrected chi connectivity index (χ1v) is 8.94. The Kier molecular flexibility index (Phi) is 5.57. The monoisotopic (exact) mass is 356 g/mol. The van der Waals surface area contributed by atoms with Crippen LogP contribution in [0.1, 0.15) is 24.0 Å². The van der Waals surface area contributed by atoms with Crippen molar-refractivity contribution in [3.63, 3.8) is 0 Å². The van der Waals surface area contributed by atoms with Crippen LogP contribution in [0.3, 0.4) is 0 Å².